The molecule has 0 aliphatic carbocycles. The Bertz CT molecular complexity index is 1470. The zero-order valence-electron chi connectivity index (χ0n) is 24.7. The van der Waals surface area contributed by atoms with Gasteiger partial charge in [0.2, 0.25) is 0 Å². The van der Waals surface area contributed by atoms with Crippen LogP contribution in [0.15, 0.2) is 48.5 Å². The molecule has 1 amide bonds. The number of nitrogens with zero attached hydrogens (tertiary/aromatic N) is 1. The molecule has 3 aromatic rings. The van der Waals surface area contributed by atoms with Crippen molar-refractivity contribution in [2.75, 3.05) is 7.04 Å². The van der Waals surface area contributed by atoms with E-state index in [1.54, 1.807) is 52.0 Å². The van der Waals surface area contributed by atoms with Crippen molar-refractivity contribution < 1.29 is 35.9 Å². The molecule has 0 N–H and O–H groups in total. The largest absolute Gasteiger partial charge is 0.496 e. The van der Waals surface area contributed by atoms with Crippen molar-refractivity contribution in [1.29, 1.82) is 0 Å². The van der Waals surface area contributed by atoms with E-state index in [0.717, 1.165) is 23.8 Å². The molecule has 2 atom stereocenters. The Morgan fingerprint density at radius 3 is 2.45 bits per heavy atom. The molecule has 0 radical (unpaired) electrons. The number of ether oxygens (including phenoxy) is 2. The highest BCUT2D eigenvalue weighted by atomic mass is 19.4. The van der Waals surface area contributed by atoms with Crippen molar-refractivity contribution in [1.82, 2.24) is 4.90 Å². The summed E-state index contributed by atoms with van der Waals surface area (Å²) in [6, 6.07) is 10.9. The van der Waals surface area contributed by atoms with Crippen molar-refractivity contribution >= 4 is 6.09 Å². The molecule has 3 aromatic carbocycles. The number of benzene rings is 3. The van der Waals surface area contributed by atoms with E-state index in [4.69, 9.17) is 13.6 Å². The smallest absolute Gasteiger partial charge is 0.416 e. The average molecular weight is 533 g/mol. The monoisotopic (exact) mass is 532 g/mol. The van der Waals surface area contributed by atoms with E-state index in [1.165, 1.54) is 4.90 Å². The van der Waals surface area contributed by atoms with Crippen LogP contribution in [0.5, 0.6) is 5.75 Å². The molecule has 0 spiro atoms. The fourth-order valence-electron chi connectivity index (χ4n) is 4.91. The molecule has 4 rings (SSSR count). The van der Waals surface area contributed by atoms with Crippen molar-refractivity contribution in [3.05, 3.63) is 87.7 Å². The van der Waals surface area contributed by atoms with Gasteiger partial charge >= 0.3 is 12.3 Å². The van der Waals surface area contributed by atoms with Crippen LogP contribution in [0.25, 0.3) is 11.1 Å². The predicted octanol–water partition coefficient (Wildman–Crippen LogP) is 8.34. The summed E-state index contributed by atoms with van der Waals surface area (Å²) in [6.45, 7) is 8.70. The minimum atomic E-state index is -4.55. The van der Waals surface area contributed by atoms with Gasteiger partial charge in [0.05, 0.1) is 29.3 Å². The molecule has 1 aliphatic rings. The molecule has 202 valence electrons. The molecular formula is C30H31F4NO3. The first-order chi connectivity index (χ1) is 18.9. The number of rotatable bonds is 6. The van der Waals surface area contributed by atoms with E-state index in [2.05, 4.69) is 0 Å². The quantitative estimate of drug-likeness (QED) is 0.300. The number of hydrogen-bond donors (Lipinski definition) is 0. The molecule has 1 heterocycles. The summed E-state index contributed by atoms with van der Waals surface area (Å²) in [4.78, 5) is 14.5. The summed E-state index contributed by atoms with van der Waals surface area (Å²) in [6.07, 6.45) is -6.20. The number of methoxy groups -OCH3 is 1. The van der Waals surface area contributed by atoms with E-state index in [9.17, 15) is 22.4 Å². The van der Waals surface area contributed by atoms with Gasteiger partial charge in [-0.15, -0.1) is 0 Å². The fourth-order valence-corrected chi connectivity index (χ4v) is 4.91. The Labute approximate surface area is 224 Å². The van der Waals surface area contributed by atoms with Gasteiger partial charge in [0.15, 0.2) is 0 Å². The van der Waals surface area contributed by atoms with Crippen LogP contribution in [0.4, 0.5) is 22.4 Å². The summed E-state index contributed by atoms with van der Waals surface area (Å²) in [7, 11) is -2.84. The van der Waals surface area contributed by atoms with Crippen LogP contribution in [0, 0.1) is 19.7 Å². The molecule has 0 saturated carbocycles. The highest BCUT2D eigenvalue weighted by Gasteiger charge is 2.41. The Kier molecular flexibility index (Phi) is 6.39. The predicted molar refractivity (Wildman–Crippen MR) is 138 cm³/mol. The second-order valence-corrected chi connectivity index (χ2v) is 10.1. The lowest BCUT2D eigenvalue weighted by Crippen LogP contribution is -2.31. The molecule has 8 heteroatoms. The van der Waals surface area contributed by atoms with Gasteiger partial charge < -0.3 is 9.47 Å². The van der Waals surface area contributed by atoms with Crippen LogP contribution in [-0.4, -0.2) is 24.1 Å². The molecule has 1 fully saturated rings. The molecule has 1 aliphatic heterocycles. The van der Waals surface area contributed by atoms with Gasteiger partial charge in [-0.05, 0) is 67.1 Å². The lowest BCUT2D eigenvalue weighted by atomic mass is 9.92. The van der Waals surface area contributed by atoms with Crippen molar-refractivity contribution in [2.24, 2.45) is 0 Å². The third-order valence-electron chi connectivity index (χ3n) is 6.87. The van der Waals surface area contributed by atoms with E-state index in [1.807, 2.05) is 13.0 Å². The summed E-state index contributed by atoms with van der Waals surface area (Å²) >= 11 is 0. The number of halogens is 4. The van der Waals surface area contributed by atoms with Crippen LogP contribution in [-0.2, 0) is 17.5 Å². The second-order valence-electron chi connectivity index (χ2n) is 10.1. The highest BCUT2D eigenvalue weighted by molar-refractivity contribution is 5.76. The summed E-state index contributed by atoms with van der Waals surface area (Å²) < 4.78 is 88.8. The van der Waals surface area contributed by atoms with E-state index < -0.39 is 42.8 Å². The van der Waals surface area contributed by atoms with E-state index in [0.29, 0.717) is 27.8 Å². The Hall–Kier alpha value is -3.55. The van der Waals surface area contributed by atoms with Gasteiger partial charge in [-0.2, -0.15) is 13.2 Å². The molecule has 0 bridgehead atoms. The molecule has 4 nitrogen and oxygen atoms in total. The van der Waals surface area contributed by atoms with Gasteiger partial charge in [-0.25, -0.2) is 9.18 Å². The Morgan fingerprint density at radius 2 is 1.79 bits per heavy atom. The molecule has 1 saturated heterocycles. The number of hydrogen-bond acceptors (Lipinski definition) is 3. The molecule has 0 unspecified atom stereocenters. The summed E-state index contributed by atoms with van der Waals surface area (Å²) in [5.41, 5.74) is 2.47. The van der Waals surface area contributed by atoms with Crippen molar-refractivity contribution in [2.45, 2.75) is 65.4 Å². The van der Waals surface area contributed by atoms with Gasteiger partial charge in [0, 0.05) is 11.6 Å². The van der Waals surface area contributed by atoms with Crippen molar-refractivity contribution in [3.8, 4) is 16.9 Å². The highest BCUT2D eigenvalue weighted by Crippen LogP contribution is 2.40. The van der Waals surface area contributed by atoms with Crippen LogP contribution in [0.1, 0.15) is 70.3 Å². The standard InChI is InChI=1S/C30H31F4NO3/c1-16(2)24-13-25(27(37-6)14-26(24)31)23-8-7-17(3)9-21(23)15-35-19(5)28(38-29(35)36)20-10-18(4)11-22(12-20)30(32,33)34/h7-14,16,19,28H,15H2,1-6H3/t19-,28-/m0/s1/i6D3. The maximum absolute atomic E-state index is 14.9. The number of amides is 1. The fraction of sp³-hybridized carbons (Fsp3) is 0.367. The Balaban J connectivity index is 1.76. The maximum Gasteiger partial charge on any atom is 0.416 e. The summed E-state index contributed by atoms with van der Waals surface area (Å²) in [5.74, 6) is -0.992. The number of alkyl halides is 3. The Morgan fingerprint density at radius 1 is 1.05 bits per heavy atom. The lowest BCUT2D eigenvalue weighted by Gasteiger charge is -2.24. The van der Waals surface area contributed by atoms with Crippen molar-refractivity contribution in [3.63, 3.8) is 0 Å². The number of carbonyl (C=O) groups excluding carboxylic acids is 1. The minimum Gasteiger partial charge on any atom is -0.496 e. The molecule has 38 heavy (non-hydrogen) atoms. The van der Waals surface area contributed by atoms with Gasteiger partial charge in [-0.3, -0.25) is 4.90 Å². The normalized spacial score (nSPS) is 19.3. The van der Waals surface area contributed by atoms with Crippen LogP contribution in [0.3, 0.4) is 0 Å². The topological polar surface area (TPSA) is 38.8 Å². The maximum atomic E-state index is 14.9. The van der Waals surface area contributed by atoms with E-state index >= 15 is 0 Å². The number of cyclic esters (lactones) is 1. The zero-order valence-corrected chi connectivity index (χ0v) is 21.7. The number of carbonyl (C=O) groups is 1. The van der Waals surface area contributed by atoms with Crippen LogP contribution >= 0.6 is 0 Å². The first kappa shape index (κ1) is 23.6. The van der Waals surface area contributed by atoms with E-state index in [-0.39, 0.29) is 23.8 Å². The van der Waals surface area contributed by atoms with Gasteiger partial charge in [0.1, 0.15) is 17.7 Å². The van der Waals surface area contributed by atoms with Gasteiger partial charge in [-0.1, -0.05) is 49.2 Å². The second kappa shape index (κ2) is 10.3. The number of aryl methyl sites for hydroxylation is 2. The first-order valence-electron chi connectivity index (χ1n) is 13.7. The lowest BCUT2D eigenvalue weighted by molar-refractivity contribution is -0.137. The average Bonchev–Trinajstić information content (AvgIpc) is 3.11. The molecule has 0 aromatic heterocycles. The zero-order chi connectivity index (χ0) is 30.4. The first-order valence-corrected chi connectivity index (χ1v) is 12.2. The minimum absolute atomic E-state index is 0.00700. The molecular weight excluding hydrogens is 498 g/mol. The van der Waals surface area contributed by atoms with Crippen LogP contribution < -0.4 is 4.74 Å². The van der Waals surface area contributed by atoms with Crippen LogP contribution in [0.2, 0.25) is 0 Å². The third kappa shape index (κ3) is 5.35. The third-order valence-corrected chi connectivity index (χ3v) is 6.87. The SMILES string of the molecule is [2H]C([2H])([2H])Oc1cc(F)c(C(C)C)cc1-c1ccc(C)cc1CN1C(=O)O[C@H](c2cc(C)cc(C(F)(F)F)c2)[C@@H]1C. The van der Waals surface area contributed by atoms with Gasteiger partial charge in [0.25, 0.3) is 0 Å². The summed E-state index contributed by atoms with van der Waals surface area (Å²) in [5, 5.41) is 0.